The van der Waals surface area contributed by atoms with Crippen molar-refractivity contribution in [3.8, 4) is 0 Å². The van der Waals surface area contributed by atoms with Gasteiger partial charge in [0.2, 0.25) is 0 Å². The molecule has 0 bridgehead atoms. The Bertz CT molecular complexity index is 723. The first kappa shape index (κ1) is 18.6. The Morgan fingerprint density at radius 3 is 2.28 bits per heavy atom. The molecule has 1 aromatic heterocycles. The molecule has 1 aromatic carbocycles. The molecule has 0 aliphatic heterocycles. The summed E-state index contributed by atoms with van der Waals surface area (Å²) in [7, 11) is 0. The molecule has 2 aliphatic rings. The van der Waals surface area contributed by atoms with Crippen molar-refractivity contribution in [1.29, 1.82) is 0 Å². The molecule has 0 radical (unpaired) electrons. The van der Waals surface area contributed by atoms with Crippen LogP contribution in [0.5, 0.6) is 0 Å². The number of nitrogens with zero attached hydrogens (tertiary/aromatic N) is 2. The van der Waals surface area contributed by atoms with Gasteiger partial charge in [0.05, 0.1) is 0 Å². The highest BCUT2D eigenvalue weighted by Crippen LogP contribution is 2.70. The molecule has 2 saturated carbocycles. The van der Waals surface area contributed by atoms with Gasteiger partial charge in [-0.3, -0.25) is 9.35 Å². The first-order valence-electron chi connectivity index (χ1n) is 8.63. The Balaban J connectivity index is 0.000000415. The quantitative estimate of drug-likeness (QED) is 0.821. The average Bonchev–Trinajstić information content (AvgIpc) is 3.04. The standard InChI is InChI=1S/C18H22N2S.H3NO2S/c1-18(2)14(12-8-4-3-5-9-12)15(18)17-20-19-16(21-17)13-10-6-7-11-13;1-4(2)3/h3-5,8-9,13-15H,6-7,10-11H2,1-2H3;1H2,(H,2,3)/p-1/t14-,15+;/m0./s1. The van der Waals surface area contributed by atoms with Crippen molar-refractivity contribution in [3.05, 3.63) is 45.9 Å². The minimum atomic E-state index is -2.36. The second kappa shape index (κ2) is 7.61. The van der Waals surface area contributed by atoms with Gasteiger partial charge in [-0.1, -0.05) is 57.0 Å². The van der Waals surface area contributed by atoms with E-state index in [1.807, 2.05) is 11.3 Å². The summed E-state index contributed by atoms with van der Waals surface area (Å²) in [6.07, 6.45) is 5.35. The van der Waals surface area contributed by atoms with Gasteiger partial charge in [-0.25, -0.2) is 0 Å². The summed E-state index contributed by atoms with van der Waals surface area (Å²) in [6.45, 7) is 4.73. The van der Waals surface area contributed by atoms with Gasteiger partial charge in [0, 0.05) is 23.1 Å². The molecule has 2 aliphatic carbocycles. The maximum Gasteiger partial charge on any atom is 0.121 e. The van der Waals surface area contributed by atoms with Crippen LogP contribution in [0.15, 0.2) is 30.3 Å². The third kappa shape index (κ3) is 4.16. The van der Waals surface area contributed by atoms with Crippen molar-refractivity contribution in [3.63, 3.8) is 0 Å². The van der Waals surface area contributed by atoms with Crippen LogP contribution in [0.25, 0.3) is 0 Å². The Labute approximate surface area is 155 Å². The zero-order valence-corrected chi connectivity index (χ0v) is 16.2. The highest BCUT2D eigenvalue weighted by Gasteiger charge is 2.60. The molecule has 1 heterocycles. The monoisotopic (exact) mass is 378 g/mol. The van der Waals surface area contributed by atoms with Gasteiger partial charge >= 0.3 is 0 Å². The zero-order valence-electron chi connectivity index (χ0n) is 14.6. The van der Waals surface area contributed by atoms with E-state index in [2.05, 4.69) is 59.5 Å². The van der Waals surface area contributed by atoms with Crippen LogP contribution >= 0.6 is 11.3 Å². The van der Waals surface area contributed by atoms with Crippen molar-refractivity contribution in [2.75, 3.05) is 0 Å². The molecule has 25 heavy (non-hydrogen) atoms. The minimum absolute atomic E-state index is 0.313. The van der Waals surface area contributed by atoms with E-state index in [-0.39, 0.29) is 0 Å². The van der Waals surface area contributed by atoms with Crippen molar-refractivity contribution in [2.45, 2.75) is 57.3 Å². The molecule has 7 heteroatoms. The van der Waals surface area contributed by atoms with Crippen LogP contribution < -0.4 is 5.14 Å². The van der Waals surface area contributed by atoms with Crippen LogP contribution in [0.3, 0.4) is 0 Å². The van der Waals surface area contributed by atoms with Crippen LogP contribution in [-0.4, -0.2) is 19.0 Å². The maximum absolute atomic E-state index is 8.78. The first-order valence-corrected chi connectivity index (χ1v) is 10.6. The van der Waals surface area contributed by atoms with E-state index in [0.29, 0.717) is 23.2 Å². The molecule has 4 rings (SSSR count). The van der Waals surface area contributed by atoms with Gasteiger partial charge in [0.1, 0.15) is 10.0 Å². The van der Waals surface area contributed by atoms with Crippen LogP contribution in [-0.2, 0) is 11.3 Å². The van der Waals surface area contributed by atoms with E-state index in [9.17, 15) is 0 Å². The van der Waals surface area contributed by atoms with E-state index in [1.165, 1.54) is 41.3 Å². The molecular formula is C18H24N3O2S2-. The number of benzene rings is 1. The Kier molecular flexibility index (Phi) is 5.68. The molecular weight excluding hydrogens is 354 g/mol. The van der Waals surface area contributed by atoms with Gasteiger partial charge in [-0.2, -0.15) is 0 Å². The van der Waals surface area contributed by atoms with E-state index in [1.54, 1.807) is 0 Å². The zero-order chi connectivity index (χ0) is 18.0. The van der Waals surface area contributed by atoms with E-state index in [0.717, 1.165) is 0 Å². The predicted octanol–water partition coefficient (Wildman–Crippen LogP) is 3.84. The number of nitrogens with two attached hydrogens (primary N) is 1. The van der Waals surface area contributed by atoms with Crippen molar-refractivity contribution >= 4 is 22.6 Å². The minimum Gasteiger partial charge on any atom is -0.760 e. The van der Waals surface area contributed by atoms with Crippen molar-refractivity contribution in [1.82, 2.24) is 10.2 Å². The van der Waals surface area contributed by atoms with Crippen LogP contribution in [0.4, 0.5) is 0 Å². The lowest BCUT2D eigenvalue weighted by Crippen LogP contribution is -1.97. The van der Waals surface area contributed by atoms with Gasteiger partial charge in [-0.05, 0) is 29.7 Å². The smallest absolute Gasteiger partial charge is 0.121 e. The molecule has 0 spiro atoms. The molecule has 0 amide bonds. The van der Waals surface area contributed by atoms with Crippen LogP contribution in [0, 0.1) is 5.41 Å². The number of hydrogen-bond donors (Lipinski definition) is 1. The van der Waals surface area contributed by atoms with Gasteiger partial charge in [-0.15, -0.1) is 21.5 Å². The SMILES string of the molecule is CC1(C)[C@@H](c2ccccc2)[C@@H]1c1nnc(C2CCCC2)s1.NS(=O)[O-]. The van der Waals surface area contributed by atoms with Crippen LogP contribution in [0.1, 0.15) is 72.9 Å². The largest absolute Gasteiger partial charge is 0.760 e. The number of hydrogen-bond acceptors (Lipinski definition) is 5. The summed E-state index contributed by atoms with van der Waals surface area (Å²) in [5.74, 6) is 1.84. The lowest BCUT2D eigenvalue weighted by Gasteiger charge is -2.01. The lowest BCUT2D eigenvalue weighted by atomic mass is 10.0. The maximum atomic E-state index is 8.78. The van der Waals surface area contributed by atoms with Crippen LogP contribution in [0.2, 0.25) is 0 Å². The third-order valence-electron chi connectivity index (χ3n) is 5.41. The third-order valence-corrected chi connectivity index (χ3v) is 6.58. The summed E-state index contributed by atoms with van der Waals surface area (Å²) >= 11 is -0.482. The van der Waals surface area contributed by atoms with E-state index < -0.39 is 11.3 Å². The molecule has 5 nitrogen and oxygen atoms in total. The van der Waals surface area contributed by atoms with E-state index in [4.69, 9.17) is 8.76 Å². The Hall–Kier alpha value is -1.15. The molecule has 2 aromatic rings. The molecule has 2 fully saturated rings. The molecule has 2 N–H and O–H groups in total. The molecule has 0 saturated heterocycles. The fourth-order valence-corrected chi connectivity index (χ4v) is 5.44. The second-order valence-corrected chi connectivity index (χ2v) is 8.97. The fraction of sp³-hybridized carbons (Fsp3) is 0.556. The highest BCUT2D eigenvalue weighted by molar-refractivity contribution is 7.76. The van der Waals surface area contributed by atoms with Gasteiger partial charge in [0.15, 0.2) is 0 Å². The topological polar surface area (TPSA) is 91.9 Å². The molecule has 136 valence electrons. The predicted molar refractivity (Wildman–Crippen MR) is 99.9 cm³/mol. The number of rotatable bonds is 3. The summed E-state index contributed by atoms with van der Waals surface area (Å²) in [5, 5.41) is 15.7. The number of aromatic nitrogens is 2. The van der Waals surface area contributed by atoms with Crippen molar-refractivity contribution < 1.29 is 8.76 Å². The second-order valence-electron chi connectivity index (χ2n) is 7.41. The molecule has 1 unspecified atom stereocenters. The Morgan fingerprint density at radius 2 is 1.68 bits per heavy atom. The Morgan fingerprint density at radius 1 is 1.12 bits per heavy atom. The fourth-order valence-electron chi connectivity index (χ4n) is 4.09. The summed E-state index contributed by atoms with van der Waals surface area (Å²) < 4.78 is 17.6. The van der Waals surface area contributed by atoms with Gasteiger partial charge in [0.25, 0.3) is 0 Å². The van der Waals surface area contributed by atoms with Crippen molar-refractivity contribution in [2.24, 2.45) is 10.6 Å². The average molecular weight is 379 g/mol. The normalized spacial score (nSPS) is 25.9. The lowest BCUT2D eigenvalue weighted by molar-refractivity contribution is 0.539. The highest BCUT2D eigenvalue weighted by atomic mass is 32.2. The summed E-state index contributed by atoms with van der Waals surface area (Å²) in [6, 6.07) is 10.9. The van der Waals surface area contributed by atoms with Gasteiger partial charge < -0.3 is 4.55 Å². The summed E-state index contributed by atoms with van der Waals surface area (Å²) in [4.78, 5) is 0. The van der Waals surface area contributed by atoms with E-state index >= 15 is 0 Å². The molecule has 3 atom stereocenters. The first-order chi connectivity index (χ1) is 11.9. The summed E-state index contributed by atoms with van der Waals surface area (Å²) in [5.41, 5.74) is 1.76.